The molecule has 1 aromatic carbocycles. The van der Waals surface area contributed by atoms with Gasteiger partial charge in [-0.1, -0.05) is 6.07 Å². The van der Waals surface area contributed by atoms with Crippen molar-refractivity contribution in [1.29, 1.82) is 0 Å². The van der Waals surface area contributed by atoms with E-state index in [0.717, 1.165) is 17.9 Å². The zero-order valence-corrected chi connectivity index (χ0v) is 24.1. The molecular formula is C30H33N5O5S. The van der Waals surface area contributed by atoms with Crippen LogP contribution in [-0.2, 0) is 21.1 Å². The van der Waals surface area contributed by atoms with E-state index in [0.29, 0.717) is 52.6 Å². The van der Waals surface area contributed by atoms with Gasteiger partial charge in [-0.15, -0.1) is 0 Å². The van der Waals surface area contributed by atoms with Crippen LogP contribution in [-0.4, -0.2) is 67.1 Å². The molecule has 0 spiro atoms. The third-order valence-electron chi connectivity index (χ3n) is 6.89. The van der Waals surface area contributed by atoms with Gasteiger partial charge in [0.2, 0.25) is 0 Å². The van der Waals surface area contributed by atoms with Gasteiger partial charge in [0.25, 0.3) is 5.91 Å². The van der Waals surface area contributed by atoms with Gasteiger partial charge in [-0.25, -0.2) is 18.4 Å². The number of morpholine rings is 1. The van der Waals surface area contributed by atoms with Gasteiger partial charge >= 0.3 is 0 Å². The van der Waals surface area contributed by atoms with Crippen molar-refractivity contribution in [1.82, 2.24) is 20.3 Å². The van der Waals surface area contributed by atoms with Crippen LogP contribution < -0.4 is 10.2 Å². The topological polar surface area (TPSA) is 131 Å². The molecule has 0 bridgehead atoms. The largest absolute Gasteiger partial charge is 0.372 e. The van der Waals surface area contributed by atoms with Crippen molar-refractivity contribution >= 4 is 38.8 Å². The van der Waals surface area contributed by atoms with Crippen LogP contribution in [0.25, 0.3) is 22.3 Å². The number of aldehydes is 1. The average molecular weight is 576 g/mol. The number of aromatic nitrogens is 3. The van der Waals surface area contributed by atoms with E-state index in [9.17, 15) is 18.0 Å². The van der Waals surface area contributed by atoms with E-state index in [4.69, 9.17) is 14.7 Å². The van der Waals surface area contributed by atoms with Crippen LogP contribution >= 0.6 is 0 Å². The first-order valence-corrected chi connectivity index (χ1v) is 15.1. The molecule has 2 atom stereocenters. The first-order valence-electron chi connectivity index (χ1n) is 13.2. The second-order valence-corrected chi connectivity index (χ2v) is 12.4. The van der Waals surface area contributed by atoms with Crippen molar-refractivity contribution in [2.24, 2.45) is 0 Å². The summed E-state index contributed by atoms with van der Waals surface area (Å²) in [5, 5.41) is 3.61. The maximum Gasteiger partial charge on any atom is 0.251 e. The number of aryl methyl sites for hydroxylation is 1. The molecule has 4 aromatic rings. The molecule has 1 fully saturated rings. The number of amides is 1. The number of carbonyl (C=O) groups excluding carboxylic acids is 2. The Bertz CT molecular complexity index is 1750. The highest BCUT2D eigenvalue weighted by Gasteiger charge is 2.24. The number of benzene rings is 1. The van der Waals surface area contributed by atoms with Crippen molar-refractivity contribution in [3.63, 3.8) is 0 Å². The number of carbonyl (C=O) groups is 2. The molecule has 1 N–H and O–H groups in total. The van der Waals surface area contributed by atoms with E-state index in [1.807, 2.05) is 26.0 Å². The fraction of sp³-hybridized carbons (Fsp3) is 0.300. The number of rotatable bonds is 7. The zero-order valence-electron chi connectivity index (χ0n) is 23.3. The van der Waals surface area contributed by atoms with E-state index in [2.05, 4.69) is 15.2 Å². The minimum absolute atomic E-state index is 0. The number of hydrogen-bond acceptors (Lipinski definition) is 9. The van der Waals surface area contributed by atoms with E-state index in [1.165, 1.54) is 6.07 Å². The van der Waals surface area contributed by atoms with Crippen LogP contribution in [0.1, 0.15) is 47.2 Å². The predicted octanol–water partition coefficient (Wildman–Crippen LogP) is 4.01. The molecule has 0 saturated carbocycles. The molecule has 1 amide bonds. The fourth-order valence-electron chi connectivity index (χ4n) is 4.97. The Morgan fingerprint density at radius 3 is 2.54 bits per heavy atom. The Morgan fingerprint density at radius 1 is 1.07 bits per heavy atom. The van der Waals surface area contributed by atoms with Crippen LogP contribution in [0.5, 0.6) is 0 Å². The van der Waals surface area contributed by atoms with Gasteiger partial charge in [-0.2, -0.15) is 0 Å². The number of nitrogens with one attached hydrogen (secondary N) is 1. The molecule has 0 radical (unpaired) electrons. The predicted molar refractivity (Wildman–Crippen MR) is 158 cm³/mol. The number of fused-ring (bicyclic) bond motifs is 1. The monoisotopic (exact) mass is 575 g/mol. The van der Waals surface area contributed by atoms with Crippen molar-refractivity contribution in [2.75, 3.05) is 24.2 Å². The molecule has 4 heterocycles. The van der Waals surface area contributed by atoms with Gasteiger partial charge in [-0.05, 0) is 68.8 Å². The molecule has 0 unspecified atom stereocenters. The Hall–Kier alpha value is -4.22. The maximum atomic E-state index is 12.8. The molecule has 11 heteroatoms. The summed E-state index contributed by atoms with van der Waals surface area (Å²) in [6.45, 7) is 7.18. The van der Waals surface area contributed by atoms with Gasteiger partial charge < -0.3 is 15.0 Å². The van der Waals surface area contributed by atoms with Crippen LogP contribution in [0, 0.1) is 6.92 Å². The number of ether oxygens (including phenoxy) is 1. The summed E-state index contributed by atoms with van der Waals surface area (Å²) in [6, 6.07) is 13.6. The minimum atomic E-state index is -3.46. The van der Waals surface area contributed by atoms with Crippen LogP contribution in [0.2, 0.25) is 0 Å². The van der Waals surface area contributed by atoms with Crippen molar-refractivity contribution in [3.8, 4) is 11.4 Å². The lowest BCUT2D eigenvalue weighted by atomic mass is 10.1. The maximum absolute atomic E-state index is 12.8. The number of pyridine rings is 3. The first-order chi connectivity index (χ1) is 19.5. The third-order valence-corrected chi connectivity index (χ3v) is 8.13. The number of hydrogen-bond donors (Lipinski definition) is 1. The Morgan fingerprint density at radius 2 is 1.83 bits per heavy atom. The summed E-state index contributed by atoms with van der Waals surface area (Å²) in [5.74, 6) is 0.287. The van der Waals surface area contributed by atoms with E-state index >= 15 is 0 Å². The number of anilines is 1. The molecule has 41 heavy (non-hydrogen) atoms. The first kappa shape index (κ1) is 28.3. The minimum Gasteiger partial charge on any atom is -0.372 e. The summed E-state index contributed by atoms with van der Waals surface area (Å²) in [4.78, 5) is 40.8. The SMILES string of the molecule is Cc1ccc(C(=O)NCc2cc3nc(-c4cc(C=O)cc(N5C[C@@H](C)O[C@@H](C)C5)n4)ccc3cn2)cc1S(C)(=O)=O.[HH]. The molecule has 5 rings (SSSR count). The van der Waals surface area contributed by atoms with Crippen LogP contribution in [0.3, 0.4) is 0 Å². The van der Waals surface area contributed by atoms with Crippen molar-refractivity contribution < 1.29 is 24.2 Å². The summed E-state index contributed by atoms with van der Waals surface area (Å²) >= 11 is 0. The summed E-state index contributed by atoms with van der Waals surface area (Å²) in [6.07, 6.45) is 3.69. The Labute approximate surface area is 240 Å². The molecule has 1 saturated heterocycles. The molecular weight excluding hydrogens is 542 g/mol. The number of nitrogens with zero attached hydrogens (tertiary/aromatic N) is 4. The molecule has 10 nitrogen and oxygen atoms in total. The van der Waals surface area contributed by atoms with Gasteiger partial charge in [-0.3, -0.25) is 14.6 Å². The summed E-state index contributed by atoms with van der Waals surface area (Å²) in [7, 11) is -3.46. The third kappa shape index (κ3) is 6.41. The highest BCUT2D eigenvalue weighted by Crippen LogP contribution is 2.26. The molecule has 214 valence electrons. The fourth-order valence-corrected chi connectivity index (χ4v) is 5.97. The van der Waals surface area contributed by atoms with Gasteiger partial charge in [0.05, 0.1) is 46.2 Å². The zero-order chi connectivity index (χ0) is 29.3. The standard InChI is InChI=1S/C30H31N5O5S.H2/c1-18-5-6-22(11-28(18)41(4,38)39)30(37)32-14-24-12-26-23(13-31-24)7-8-25(33-26)27-9-21(17-36)10-29(34-27)35-15-19(2)40-20(3)16-35;/h5-13,17,19-20H,14-16H2,1-4H3,(H,32,37);1H/t19-,20+;. The molecule has 1 aliphatic heterocycles. The lowest BCUT2D eigenvalue weighted by Gasteiger charge is -2.36. The normalized spacial score (nSPS) is 17.4. The summed E-state index contributed by atoms with van der Waals surface area (Å²) < 4.78 is 29.9. The Balaban J connectivity index is 0.00000405. The second-order valence-electron chi connectivity index (χ2n) is 10.4. The van der Waals surface area contributed by atoms with Crippen molar-refractivity contribution in [2.45, 2.75) is 44.4 Å². The number of sulfone groups is 1. The molecule has 1 aliphatic rings. The molecule has 3 aromatic heterocycles. The van der Waals surface area contributed by atoms with Crippen molar-refractivity contribution in [3.05, 3.63) is 77.1 Å². The van der Waals surface area contributed by atoms with Gasteiger partial charge in [0.1, 0.15) is 12.1 Å². The highest BCUT2D eigenvalue weighted by atomic mass is 32.2. The van der Waals surface area contributed by atoms with Crippen LogP contribution in [0.4, 0.5) is 5.82 Å². The second kappa shape index (κ2) is 11.3. The van der Waals surface area contributed by atoms with E-state index in [1.54, 1.807) is 43.5 Å². The lowest BCUT2D eigenvalue weighted by Crippen LogP contribution is -2.45. The van der Waals surface area contributed by atoms with E-state index in [-0.39, 0.29) is 30.6 Å². The smallest absolute Gasteiger partial charge is 0.251 e. The van der Waals surface area contributed by atoms with E-state index < -0.39 is 15.7 Å². The molecule has 0 aliphatic carbocycles. The highest BCUT2D eigenvalue weighted by molar-refractivity contribution is 7.90. The Kier molecular flexibility index (Phi) is 7.83. The van der Waals surface area contributed by atoms with Gasteiger partial charge in [0.15, 0.2) is 9.84 Å². The average Bonchev–Trinajstić information content (AvgIpc) is 2.94. The van der Waals surface area contributed by atoms with Crippen LogP contribution in [0.15, 0.2) is 59.6 Å². The van der Waals surface area contributed by atoms with Gasteiger partial charge in [0, 0.05) is 43.5 Å². The lowest BCUT2D eigenvalue weighted by molar-refractivity contribution is -0.00545. The summed E-state index contributed by atoms with van der Waals surface area (Å²) in [5.41, 5.74) is 3.75. The quantitative estimate of drug-likeness (QED) is 0.325.